The van der Waals surface area contributed by atoms with Crippen LogP contribution >= 0.6 is 22.9 Å². The van der Waals surface area contributed by atoms with E-state index in [2.05, 4.69) is 15.4 Å². The number of aromatic hydroxyl groups is 1. The topological polar surface area (TPSA) is 63.0 Å². The van der Waals surface area contributed by atoms with Gasteiger partial charge in [-0.2, -0.15) is 18.3 Å². The van der Waals surface area contributed by atoms with E-state index in [0.29, 0.717) is 21.7 Å². The van der Waals surface area contributed by atoms with E-state index in [1.165, 1.54) is 17.4 Å². The average Bonchev–Trinajstić information content (AvgIpc) is 3.48. The van der Waals surface area contributed by atoms with Crippen molar-refractivity contribution in [1.82, 2.24) is 14.8 Å². The predicted molar refractivity (Wildman–Crippen MR) is 144 cm³/mol. The monoisotopic (exact) mass is 550 g/mol. The maximum atomic E-state index is 14.5. The Kier molecular flexibility index (Phi) is 5.97. The quantitative estimate of drug-likeness (QED) is 0.227. The number of para-hydroxylation sites is 2. The summed E-state index contributed by atoms with van der Waals surface area (Å²) in [6.07, 6.45) is -4.83. The van der Waals surface area contributed by atoms with Gasteiger partial charge in [0.2, 0.25) is 0 Å². The zero-order chi connectivity index (χ0) is 26.4. The predicted octanol–water partition coefficient (Wildman–Crippen LogP) is 8.21. The van der Waals surface area contributed by atoms with Crippen LogP contribution in [0.2, 0.25) is 5.15 Å². The van der Waals surface area contributed by atoms with Crippen LogP contribution in [0, 0.1) is 0 Å². The molecule has 0 saturated carbocycles. The summed E-state index contributed by atoms with van der Waals surface area (Å²) in [4.78, 5) is 4.57. The Morgan fingerprint density at radius 1 is 0.868 bits per heavy atom. The van der Waals surface area contributed by atoms with E-state index in [0.717, 1.165) is 14.8 Å². The van der Waals surface area contributed by atoms with Crippen LogP contribution in [0.15, 0.2) is 91.0 Å². The molecular formula is C28H18ClF3N4OS. The molecule has 0 radical (unpaired) electrons. The van der Waals surface area contributed by atoms with Crippen LogP contribution in [-0.2, 0) is 6.18 Å². The number of halogens is 4. The number of phenols is 1. The number of alkyl halides is 3. The molecule has 5 nitrogen and oxygen atoms in total. The maximum Gasteiger partial charge on any atom is 0.435 e. The molecule has 0 fully saturated rings. The molecule has 2 aromatic heterocycles. The molecule has 0 aliphatic carbocycles. The van der Waals surface area contributed by atoms with Crippen LogP contribution in [0.5, 0.6) is 5.75 Å². The van der Waals surface area contributed by atoms with Crippen molar-refractivity contribution in [2.45, 2.75) is 12.2 Å². The van der Waals surface area contributed by atoms with Crippen molar-refractivity contribution in [3.63, 3.8) is 0 Å². The first-order valence-corrected chi connectivity index (χ1v) is 12.7. The smallest absolute Gasteiger partial charge is 0.435 e. The first kappa shape index (κ1) is 24.3. The third-order valence-corrected chi connectivity index (χ3v) is 7.55. The molecule has 0 aliphatic rings. The Hall–Kier alpha value is -4.08. The van der Waals surface area contributed by atoms with Gasteiger partial charge in [-0.25, -0.2) is 9.67 Å². The molecule has 2 heterocycles. The van der Waals surface area contributed by atoms with Crippen molar-refractivity contribution >= 4 is 49.1 Å². The Labute approximate surface area is 223 Å². The summed E-state index contributed by atoms with van der Waals surface area (Å²) in [6, 6.07) is 24.9. The molecular weight excluding hydrogens is 533 g/mol. The molecule has 1 atom stereocenters. The fourth-order valence-corrected chi connectivity index (χ4v) is 5.78. The van der Waals surface area contributed by atoms with E-state index in [1.807, 2.05) is 36.4 Å². The molecule has 38 heavy (non-hydrogen) atoms. The molecule has 0 saturated heterocycles. The minimum atomic E-state index is -4.83. The van der Waals surface area contributed by atoms with Gasteiger partial charge >= 0.3 is 6.18 Å². The van der Waals surface area contributed by atoms with Crippen LogP contribution in [0.3, 0.4) is 0 Å². The van der Waals surface area contributed by atoms with E-state index in [4.69, 9.17) is 11.6 Å². The van der Waals surface area contributed by atoms with E-state index in [1.54, 1.807) is 48.5 Å². The number of thiazole rings is 1. The van der Waals surface area contributed by atoms with Gasteiger partial charge < -0.3 is 10.4 Å². The summed E-state index contributed by atoms with van der Waals surface area (Å²) in [5, 5.41) is 19.6. The van der Waals surface area contributed by atoms with Crippen molar-refractivity contribution in [2.24, 2.45) is 0 Å². The molecule has 0 bridgehead atoms. The van der Waals surface area contributed by atoms with Crippen LogP contribution < -0.4 is 5.32 Å². The summed E-state index contributed by atoms with van der Waals surface area (Å²) in [5.41, 5.74) is -0.160. The second-order valence-electron chi connectivity index (χ2n) is 8.58. The molecule has 0 aliphatic heterocycles. The number of hydrogen-bond donors (Lipinski definition) is 2. The summed E-state index contributed by atoms with van der Waals surface area (Å²) in [6.45, 7) is 0. The number of benzene rings is 4. The Morgan fingerprint density at radius 2 is 1.58 bits per heavy atom. The lowest BCUT2D eigenvalue weighted by atomic mass is 9.92. The molecule has 0 amide bonds. The van der Waals surface area contributed by atoms with Crippen LogP contribution in [0.1, 0.15) is 22.9 Å². The minimum Gasteiger partial charge on any atom is -0.508 e. The van der Waals surface area contributed by atoms with Crippen molar-refractivity contribution in [2.75, 3.05) is 5.32 Å². The minimum absolute atomic E-state index is 0.182. The Bertz CT molecular complexity index is 1750. The lowest BCUT2D eigenvalue weighted by Crippen LogP contribution is -2.18. The van der Waals surface area contributed by atoms with Crippen molar-refractivity contribution < 1.29 is 18.3 Å². The normalized spacial score (nSPS) is 12.7. The number of phenolic OH excluding ortho intramolecular Hbond substituents is 1. The number of hydrogen-bond acceptors (Lipinski definition) is 5. The molecule has 4 aromatic carbocycles. The molecule has 6 rings (SSSR count). The molecule has 1 unspecified atom stereocenters. The summed E-state index contributed by atoms with van der Waals surface area (Å²) < 4.78 is 45.5. The molecule has 10 heteroatoms. The fourth-order valence-electron chi connectivity index (χ4n) is 4.55. The van der Waals surface area contributed by atoms with E-state index in [-0.39, 0.29) is 22.0 Å². The van der Waals surface area contributed by atoms with Gasteiger partial charge in [-0.05, 0) is 41.1 Å². The largest absolute Gasteiger partial charge is 0.508 e. The molecule has 2 N–H and O–H groups in total. The third kappa shape index (κ3) is 4.23. The highest BCUT2D eigenvalue weighted by Gasteiger charge is 2.43. The Morgan fingerprint density at radius 3 is 2.34 bits per heavy atom. The number of nitrogens with one attached hydrogen (secondary N) is 1. The van der Waals surface area contributed by atoms with E-state index >= 15 is 0 Å². The highest BCUT2D eigenvalue weighted by molar-refractivity contribution is 7.22. The summed E-state index contributed by atoms with van der Waals surface area (Å²) >= 11 is 8.02. The first-order valence-electron chi connectivity index (χ1n) is 11.5. The first-order chi connectivity index (χ1) is 18.3. The zero-order valence-electron chi connectivity index (χ0n) is 19.4. The Balaban J connectivity index is 1.64. The van der Waals surface area contributed by atoms with E-state index in [9.17, 15) is 18.3 Å². The lowest BCUT2D eigenvalue weighted by Gasteiger charge is -2.23. The second kappa shape index (κ2) is 9.34. The highest BCUT2D eigenvalue weighted by atomic mass is 35.5. The average molecular weight is 551 g/mol. The number of anilines is 1. The second-order valence-corrected chi connectivity index (χ2v) is 9.97. The van der Waals surface area contributed by atoms with Gasteiger partial charge in [0.25, 0.3) is 0 Å². The maximum absolute atomic E-state index is 14.5. The van der Waals surface area contributed by atoms with Gasteiger partial charge in [0.1, 0.15) is 10.9 Å². The van der Waals surface area contributed by atoms with E-state index < -0.39 is 17.9 Å². The highest BCUT2D eigenvalue weighted by Crippen LogP contribution is 2.46. The van der Waals surface area contributed by atoms with Crippen molar-refractivity contribution in [3.05, 3.63) is 113 Å². The molecule has 6 aromatic rings. The summed E-state index contributed by atoms with van der Waals surface area (Å²) in [7, 11) is 0. The summed E-state index contributed by atoms with van der Waals surface area (Å²) in [5.74, 6) is -0.182. The zero-order valence-corrected chi connectivity index (χ0v) is 21.0. The van der Waals surface area contributed by atoms with Gasteiger partial charge in [0.05, 0.1) is 21.9 Å². The number of aromatic nitrogens is 3. The van der Waals surface area contributed by atoms with Gasteiger partial charge in [0, 0.05) is 11.1 Å². The molecule has 190 valence electrons. The molecule has 0 spiro atoms. The fraction of sp³-hybridized carbons (Fsp3) is 0.0714. The van der Waals surface area contributed by atoms with Crippen LogP contribution in [0.4, 0.5) is 18.3 Å². The van der Waals surface area contributed by atoms with Crippen molar-refractivity contribution in [3.8, 4) is 11.4 Å². The SMILES string of the molecule is Oc1ccc2ccccc2c1C(Nc1nc2ccccc2s1)c1c(C(F)(F)F)nn(-c2ccccc2)c1Cl. The van der Waals surface area contributed by atoms with Crippen LogP contribution in [0.25, 0.3) is 26.7 Å². The van der Waals surface area contributed by atoms with Gasteiger partial charge in [-0.15, -0.1) is 0 Å². The van der Waals surface area contributed by atoms with Gasteiger partial charge in [-0.1, -0.05) is 83.6 Å². The van der Waals surface area contributed by atoms with Crippen LogP contribution in [-0.4, -0.2) is 19.9 Å². The van der Waals surface area contributed by atoms with Gasteiger partial charge in [-0.3, -0.25) is 0 Å². The lowest BCUT2D eigenvalue weighted by molar-refractivity contribution is -0.142. The number of rotatable bonds is 5. The third-order valence-electron chi connectivity index (χ3n) is 6.22. The van der Waals surface area contributed by atoms with Crippen molar-refractivity contribution in [1.29, 1.82) is 0 Å². The number of nitrogens with zero attached hydrogens (tertiary/aromatic N) is 3. The number of fused-ring (bicyclic) bond motifs is 2. The standard InChI is InChI=1S/C28H18ClF3N4OS/c29-26-23(25(28(30,31)32)35-36(26)17-9-2-1-3-10-17)24(34-27-33-19-12-6-7-13-21(19)38-27)22-18-11-5-4-8-16(18)14-15-20(22)37/h1-15,24,37H,(H,33,34). The van der Waals surface area contributed by atoms with Gasteiger partial charge in [0.15, 0.2) is 10.8 Å².